The monoisotopic (exact) mass is 247 g/mol. The summed E-state index contributed by atoms with van der Waals surface area (Å²) in [6, 6.07) is 3.82. The highest BCUT2D eigenvalue weighted by Crippen LogP contribution is 2.27. The lowest BCUT2D eigenvalue weighted by atomic mass is 9.98. The molecule has 1 saturated carbocycles. The second kappa shape index (κ2) is 5.96. The molecule has 1 aliphatic carbocycles. The Hall–Kier alpha value is -1.42. The first kappa shape index (κ1) is 13.0. The summed E-state index contributed by atoms with van der Waals surface area (Å²) < 4.78 is 0. The van der Waals surface area contributed by atoms with Gasteiger partial charge in [0.05, 0.1) is 0 Å². The molecule has 0 saturated heterocycles. The number of amides is 1. The molecule has 1 aromatic heterocycles. The number of aromatic nitrogens is 1. The van der Waals surface area contributed by atoms with Crippen molar-refractivity contribution in [2.24, 2.45) is 11.7 Å². The number of aryl methyl sites for hydroxylation is 1. The van der Waals surface area contributed by atoms with Crippen molar-refractivity contribution >= 4 is 5.91 Å². The maximum absolute atomic E-state index is 12.2. The summed E-state index contributed by atoms with van der Waals surface area (Å²) >= 11 is 0. The fourth-order valence-corrected chi connectivity index (χ4v) is 2.69. The average Bonchev–Trinajstić information content (AvgIpc) is 2.90. The van der Waals surface area contributed by atoms with E-state index in [0.29, 0.717) is 18.2 Å². The van der Waals surface area contributed by atoms with Crippen LogP contribution in [-0.2, 0) is 0 Å². The van der Waals surface area contributed by atoms with Crippen LogP contribution in [0.3, 0.4) is 0 Å². The number of hydrogen-bond acceptors (Lipinski definition) is 3. The first-order valence-electron chi connectivity index (χ1n) is 6.65. The number of carbonyl (C=O) groups is 1. The van der Waals surface area contributed by atoms with E-state index in [1.165, 1.54) is 25.7 Å². The largest absolute Gasteiger partial charge is 0.346 e. The first-order valence-corrected chi connectivity index (χ1v) is 6.65. The molecule has 0 radical (unpaired) electrons. The molecule has 1 aliphatic rings. The van der Waals surface area contributed by atoms with Crippen LogP contribution in [0, 0.1) is 12.8 Å². The number of nitrogens with one attached hydrogen (secondary N) is 1. The molecule has 4 nitrogen and oxygen atoms in total. The van der Waals surface area contributed by atoms with Crippen LogP contribution >= 0.6 is 0 Å². The summed E-state index contributed by atoms with van der Waals surface area (Å²) in [6.45, 7) is 2.40. The SMILES string of the molecule is Cc1cccnc1C(=O)NC(CN)C1CCCC1. The van der Waals surface area contributed by atoms with Crippen molar-refractivity contribution < 1.29 is 4.79 Å². The van der Waals surface area contributed by atoms with Gasteiger partial charge in [0.25, 0.3) is 5.91 Å². The Morgan fingerprint density at radius 1 is 1.56 bits per heavy atom. The number of hydrogen-bond donors (Lipinski definition) is 2. The van der Waals surface area contributed by atoms with Gasteiger partial charge in [-0.2, -0.15) is 0 Å². The number of carbonyl (C=O) groups excluding carboxylic acids is 1. The van der Waals surface area contributed by atoms with E-state index in [2.05, 4.69) is 10.3 Å². The summed E-state index contributed by atoms with van der Waals surface area (Å²) in [7, 11) is 0. The quantitative estimate of drug-likeness (QED) is 0.850. The Labute approximate surface area is 108 Å². The Bertz CT molecular complexity index is 413. The lowest BCUT2D eigenvalue weighted by Crippen LogP contribution is -2.45. The molecule has 0 spiro atoms. The molecule has 0 aromatic carbocycles. The van der Waals surface area contributed by atoms with Crippen LogP contribution in [0.1, 0.15) is 41.7 Å². The summed E-state index contributed by atoms with van der Waals surface area (Å²) in [4.78, 5) is 16.3. The zero-order valence-electron chi connectivity index (χ0n) is 10.9. The first-order chi connectivity index (χ1) is 8.72. The number of pyridine rings is 1. The molecule has 3 N–H and O–H groups in total. The van der Waals surface area contributed by atoms with Crippen molar-refractivity contribution in [2.75, 3.05) is 6.54 Å². The summed E-state index contributed by atoms with van der Waals surface area (Å²) in [5.41, 5.74) is 7.19. The zero-order chi connectivity index (χ0) is 13.0. The van der Waals surface area contributed by atoms with Crippen LogP contribution in [0.25, 0.3) is 0 Å². The minimum absolute atomic E-state index is 0.0846. The Morgan fingerprint density at radius 3 is 2.89 bits per heavy atom. The molecule has 1 fully saturated rings. The van der Waals surface area contributed by atoms with Gasteiger partial charge in [-0.1, -0.05) is 18.9 Å². The van der Waals surface area contributed by atoms with Crippen LogP contribution in [0.2, 0.25) is 0 Å². The van der Waals surface area contributed by atoms with Crippen LogP contribution < -0.4 is 11.1 Å². The molecule has 1 amide bonds. The normalized spacial score (nSPS) is 17.7. The molecular weight excluding hydrogens is 226 g/mol. The number of nitrogens with two attached hydrogens (primary N) is 1. The predicted molar refractivity (Wildman–Crippen MR) is 71.2 cm³/mol. The molecule has 1 unspecified atom stereocenters. The third-order valence-corrected chi connectivity index (χ3v) is 3.76. The van der Waals surface area contributed by atoms with Gasteiger partial charge in [0.1, 0.15) is 5.69 Å². The van der Waals surface area contributed by atoms with E-state index >= 15 is 0 Å². The van der Waals surface area contributed by atoms with Crippen LogP contribution in [0.15, 0.2) is 18.3 Å². The third-order valence-electron chi connectivity index (χ3n) is 3.76. The molecular formula is C14H21N3O. The predicted octanol–water partition coefficient (Wildman–Crippen LogP) is 1.64. The highest BCUT2D eigenvalue weighted by molar-refractivity contribution is 5.93. The van der Waals surface area contributed by atoms with E-state index in [4.69, 9.17) is 5.73 Å². The van der Waals surface area contributed by atoms with E-state index in [1.54, 1.807) is 6.20 Å². The maximum Gasteiger partial charge on any atom is 0.270 e. The minimum Gasteiger partial charge on any atom is -0.346 e. The maximum atomic E-state index is 12.2. The number of rotatable bonds is 4. The van der Waals surface area contributed by atoms with Crippen molar-refractivity contribution in [1.82, 2.24) is 10.3 Å². The van der Waals surface area contributed by atoms with Gasteiger partial charge >= 0.3 is 0 Å². The van der Waals surface area contributed by atoms with Crippen molar-refractivity contribution in [3.63, 3.8) is 0 Å². The lowest BCUT2D eigenvalue weighted by molar-refractivity contribution is 0.0918. The van der Waals surface area contributed by atoms with Gasteiger partial charge in [0.15, 0.2) is 0 Å². The lowest BCUT2D eigenvalue weighted by Gasteiger charge is -2.23. The molecule has 0 aliphatic heterocycles. The number of nitrogens with zero attached hydrogens (tertiary/aromatic N) is 1. The second-order valence-corrected chi connectivity index (χ2v) is 5.03. The van der Waals surface area contributed by atoms with E-state index in [-0.39, 0.29) is 11.9 Å². The van der Waals surface area contributed by atoms with Gasteiger partial charge in [-0.05, 0) is 37.3 Å². The fourth-order valence-electron chi connectivity index (χ4n) is 2.69. The van der Waals surface area contributed by atoms with E-state index in [1.807, 2.05) is 19.1 Å². The van der Waals surface area contributed by atoms with Crippen LogP contribution in [0.5, 0.6) is 0 Å². The summed E-state index contributed by atoms with van der Waals surface area (Å²) in [5, 5.41) is 3.04. The topological polar surface area (TPSA) is 68.0 Å². The van der Waals surface area contributed by atoms with E-state index < -0.39 is 0 Å². The summed E-state index contributed by atoms with van der Waals surface area (Å²) in [6.07, 6.45) is 6.49. The Kier molecular flexibility index (Phi) is 4.31. The smallest absolute Gasteiger partial charge is 0.270 e. The third kappa shape index (κ3) is 2.88. The average molecular weight is 247 g/mol. The zero-order valence-corrected chi connectivity index (χ0v) is 10.9. The Morgan fingerprint density at radius 2 is 2.28 bits per heavy atom. The highest BCUT2D eigenvalue weighted by Gasteiger charge is 2.26. The molecule has 4 heteroatoms. The highest BCUT2D eigenvalue weighted by atomic mass is 16.1. The van der Waals surface area contributed by atoms with E-state index in [9.17, 15) is 4.79 Å². The molecule has 1 atom stereocenters. The van der Waals surface area contributed by atoms with Gasteiger partial charge in [-0.25, -0.2) is 0 Å². The standard InChI is InChI=1S/C14H21N3O/c1-10-5-4-8-16-13(10)14(18)17-12(9-15)11-6-2-3-7-11/h4-5,8,11-12H,2-3,6-7,9,15H2,1H3,(H,17,18). The molecule has 0 bridgehead atoms. The molecule has 2 rings (SSSR count). The van der Waals surface area contributed by atoms with Gasteiger partial charge in [-0.15, -0.1) is 0 Å². The fraction of sp³-hybridized carbons (Fsp3) is 0.571. The molecule has 1 heterocycles. The summed E-state index contributed by atoms with van der Waals surface area (Å²) in [5.74, 6) is 0.429. The van der Waals surface area contributed by atoms with Gasteiger partial charge < -0.3 is 11.1 Å². The van der Waals surface area contributed by atoms with Crippen molar-refractivity contribution in [3.05, 3.63) is 29.6 Å². The van der Waals surface area contributed by atoms with E-state index in [0.717, 1.165) is 5.56 Å². The minimum atomic E-state index is -0.101. The van der Waals surface area contributed by atoms with Crippen molar-refractivity contribution in [2.45, 2.75) is 38.6 Å². The Balaban J connectivity index is 2.03. The van der Waals surface area contributed by atoms with Gasteiger partial charge in [0, 0.05) is 18.8 Å². The van der Waals surface area contributed by atoms with Gasteiger partial charge in [-0.3, -0.25) is 9.78 Å². The van der Waals surface area contributed by atoms with Crippen LogP contribution in [0.4, 0.5) is 0 Å². The van der Waals surface area contributed by atoms with Crippen LogP contribution in [-0.4, -0.2) is 23.5 Å². The molecule has 98 valence electrons. The second-order valence-electron chi connectivity index (χ2n) is 5.03. The van der Waals surface area contributed by atoms with Crippen molar-refractivity contribution in [3.8, 4) is 0 Å². The molecule has 18 heavy (non-hydrogen) atoms. The van der Waals surface area contributed by atoms with Crippen molar-refractivity contribution in [1.29, 1.82) is 0 Å². The molecule has 1 aromatic rings. The van der Waals surface area contributed by atoms with Gasteiger partial charge in [0.2, 0.25) is 0 Å².